The summed E-state index contributed by atoms with van der Waals surface area (Å²) in [5.74, 6) is 0.741. The normalized spacial score (nSPS) is 33.4. The van der Waals surface area contributed by atoms with Gasteiger partial charge in [-0.15, -0.1) is 0 Å². The molecule has 2 aliphatic rings. The molecule has 3 atom stereocenters. The Hall–Kier alpha value is -1.20. The van der Waals surface area contributed by atoms with Crippen molar-refractivity contribution < 1.29 is 0 Å². The van der Waals surface area contributed by atoms with Crippen LogP contribution in [0.1, 0.15) is 19.3 Å². The van der Waals surface area contributed by atoms with Gasteiger partial charge in [-0.2, -0.15) is 0 Å². The van der Waals surface area contributed by atoms with Crippen molar-refractivity contribution in [1.29, 1.82) is 0 Å². The summed E-state index contributed by atoms with van der Waals surface area (Å²) in [4.78, 5) is 10.9. The molecule has 2 heterocycles. The average molecular weight is 233 g/mol. The summed E-state index contributed by atoms with van der Waals surface area (Å²) < 4.78 is 0. The van der Waals surface area contributed by atoms with Gasteiger partial charge in [-0.3, -0.25) is 4.90 Å². The number of nitrogens with two attached hydrogens (primary N) is 1. The third-order valence-electron chi connectivity index (χ3n) is 3.84. The molecular weight excluding hydrogens is 214 g/mol. The van der Waals surface area contributed by atoms with Crippen molar-refractivity contribution in [3.63, 3.8) is 0 Å². The van der Waals surface area contributed by atoms with Gasteiger partial charge in [-0.25, -0.2) is 9.97 Å². The maximum absolute atomic E-state index is 5.95. The highest BCUT2D eigenvalue weighted by Crippen LogP contribution is 2.30. The number of nitrogens with zero attached hydrogens (tertiary/aromatic N) is 3. The maximum Gasteiger partial charge on any atom is 0.222 e. The molecule has 0 bridgehead atoms. The van der Waals surface area contributed by atoms with Crippen molar-refractivity contribution in [2.24, 2.45) is 5.73 Å². The third kappa shape index (κ3) is 2.25. The van der Waals surface area contributed by atoms with Crippen molar-refractivity contribution in [2.75, 3.05) is 18.4 Å². The number of hydrogen-bond donors (Lipinski definition) is 2. The number of anilines is 1. The van der Waals surface area contributed by atoms with Gasteiger partial charge < -0.3 is 11.1 Å². The summed E-state index contributed by atoms with van der Waals surface area (Å²) in [6.07, 6.45) is 7.14. The van der Waals surface area contributed by atoms with Crippen LogP contribution in [0.2, 0.25) is 0 Å². The predicted octanol–water partition coefficient (Wildman–Crippen LogP) is 0.452. The highest BCUT2D eigenvalue weighted by Gasteiger charge is 2.38. The molecule has 1 aromatic rings. The fraction of sp³-hybridized carbons (Fsp3) is 0.667. The van der Waals surface area contributed by atoms with Crippen LogP contribution in [0.15, 0.2) is 18.5 Å². The lowest BCUT2D eigenvalue weighted by Gasteiger charge is -2.43. The Labute approximate surface area is 101 Å². The van der Waals surface area contributed by atoms with Crippen molar-refractivity contribution >= 4 is 5.95 Å². The molecule has 0 aromatic carbocycles. The van der Waals surface area contributed by atoms with Crippen LogP contribution < -0.4 is 11.1 Å². The van der Waals surface area contributed by atoms with Crippen LogP contribution in [0.4, 0.5) is 5.95 Å². The molecule has 92 valence electrons. The molecule has 1 aliphatic carbocycles. The van der Waals surface area contributed by atoms with Crippen molar-refractivity contribution in [2.45, 2.75) is 37.4 Å². The lowest BCUT2D eigenvalue weighted by molar-refractivity contribution is 0.139. The summed E-state index contributed by atoms with van der Waals surface area (Å²) in [7, 11) is 0. The molecule has 1 saturated carbocycles. The summed E-state index contributed by atoms with van der Waals surface area (Å²) in [6, 6.07) is 3.31. The van der Waals surface area contributed by atoms with Crippen LogP contribution in [-0.4, -0.2) is 46.1 Å². The van der Waals surface area contributed by atoms with Gasteiger partial charge in [0, 0.05) is 43.6 Å². The molecule has 2 unspecified atom stereocenters. The molecule has 1 saturated heterocycles. The summed E-state index contributed by atoms with van der Waals surface area (Å²) >= 11 is 0. The SMILES string of the molecule is N[C@@H]1CCN(C2CCC2Nc2ncccn2)C1. The summed E-state index contributed by atoms with van der Waals surface area (Å²) in [6.45, 7) is 2.18. The number of hydrogen-bond acceptors (Lipinski definition) is 5. The predicted molar refractivity (Wildman–Crippen MR) is 66.6 cm³/mol. The van der Waals surface area contributed by atoms with E-state index in [1.54, 1.807) is 12.4 Å². The Bertz CT molecular complexity index is 368. The van der Waals surface area contributed by atoms with E-state index in [2.05, 4.69) is 20.2 Å². The van der Waals surface area contributed by atoms with Crippen LogP contribution in [0.25, 0.3) is 0 Å². The quantitative estimate of drug-likeness (QED) is 0.793. The molecule has 0 spiro atoms. The standard InChI is InChI=1S/C12H19N5/c13-9-4-7-17(8-9)11-3-2-10(11)16-12-14-5-1-6-15-12/h1,5-6,9-11H,2-4,7-8,13H2,(H,14,15,16)/t9-,10?,11?/m1/s1. The van der Waals surface area contributed by atoms with Gasteiger partial charge >= 0.3 is 0 Å². The lowest BCUT2D eigenvalue weighted by Crippen LogP contribution is -2.53. The van der Waals surface area contributed by atoms with Crippen molar-refractivity contribution in [3.05, 3.63) is 18.5 Å². The topological polar surface area (TPSA) is 67.1 Å². The van der Waals surface area contributed by atoms with Crippen LogP contribution in [0.5, 0.6) is 0 Å². The number of aromatic nitrogens is 2. The Balaban J connectivity index is 1.58. The molecule has 3 N–H and O–H groups in total. The summed E-state index contributed by atoms with van der Waals surface area (Å²) in [5, 5.41) is 3.42. The van der Waals surface area contributed by atoms with Crippen molar-refractivity contribution in [1.82, 2.24) is 14.9 Å². The first-order chi connectivity index (χ1) is 8.33. The molecule has 5 heteroatoms. The second-order valence-electron chi connectivity index (χ2n) is 5.01. The van der Waals surface area contributed by atoms with E-state index in [4.69, 9.17) is 5.73 Å². The van der Waals surface area contributed by atoms with Crippen LogP contribution in [-0.2, 0) is 0 Å². The van der Waals surface area contributed by atoms with E-state index in [9.17, 15) is 0 Å². The van der Waals surface area contributed by atoms with Gasteiger partial charge in [0.05, 0.1) is 0 Å². The number of nitrogens with one attached hydrogen (secondary N) is 1. The molecule has 1 aliphatic heterocycles. The Morgan fingerprint density at radius 3 is 2.65 bits per heavy atom. The van der Waals surface area contributed by atoms with Gasteiger partial charge in [0.15, 0.2) is 0 Å². The largest absolute Gasteiger partial charge is 0.350 e. The number of rotatable bonds is 3. The zero-order valence-corrected chi connectivity index (χ0v) is 9.92. The molecule has 3 rings (SSSR count). The van der Waals surface area contributed by atoms with Gasteiger partial charge in [-0.1, -0.05) is 0 Å². The van der Waals surface area contributed by atoms with Crippen LogP contribution in [0, 0.1) is 0 Å². The fourth-order valence-electron chi connectivity index (χ4n) is 2.74. The average Bonchev–Trinajstić information content (AvgIpc) is 2.72. The molecule has 5 nitrogen and oxygen atoms in total. The van der Waals surface area contributed by atoms with E-state index in [1.165, 1.54) is 12.8 Å². The molecule has 1 aromatic heterocycles. The minimum Gasteiger partial charge on any atom is -0.350 e. The molecule has 2 fully saturated rings. The second kappa shape index (κ2) is 4.58. The highest BCUT2D eigenvalue weighted by atomic mass is 15.2. The van der Waals surface area contributed by atoms with Gasteiger partial charge in [0.2, 0.25) is 5.95 Å². The molecule has 0 radical (unpaired) electrons. The Kier molecular flexibility index (Phi) is 2.94. The van der Waals surface area contributed by atoms with Crippen LogP contribution >= 0.6 is 0 Å². The van der Waals surface area contributed by atoms with E-state index >= 15 is 0 Å². The van der Waals surface area contributed by atoms with E-state index in [1.807, 2.05) is 6.07 Å². The fourth-order valence-corrected chi connectivity index (χ4v) is 2.74. The van der Waals surface area contributed by atoms with Gasteiger partial charge in [0.1, 0.15) is 0 Å². The zero-order valence-electron chi connectivity index (χ0n) is 9.92. The Morgan fingerprint density at radius 1 is 1.24 bits per heavy atom. The second-order valence-corrected chi connectivity index (χ2v) is 5.01. The first-order valence-electron chi connectivity index (χ1n) is 6.36. The van der Waals surface area contributed by atoms with Gasteiger partial charge in [-0.05, 0) is 25.3 Å². The highest BCUT2D eigenvalue weighted by molar-refractivity contribution is 5.27. The Morgan fingerprint density at radius 2 is 2.06 bits per heavy atom. The monoisotopic (exact) mass is 233 g/mol. The third-order valence-corrected chi connectivity index (χ3v) is 3.84. The molecule has 17 heavy (non-hydrogen) atoms. The van der Waals surface area contributed by atoms with E-state index in [-0.39, 0.29) is 0 Å². The van der Waals surface area contributed by atoms with Gasteiger partial charge in [0.25, 0.3) is 0 Å². The van der Waals surface area contributed by atoms with E-state index in [0.29, 0.717) is 18.1 Å². The zero-order chi connectivity index (χ0) is 11.7. The lowest BCUT2D eigenvalue weighted by atomic mass is 9.85. The molecular formula is C12H19N5. The van der Waals surface area contributed by atoms with E-state index in [0.717, 1.165) is 25.5 Å². The summed E-state index contributed by atoms with van der Waals surface area (Å²) in [5.41, 5.74) is 5.95. The van der Waals surface area contributed by atoms with Crippen molar-refractivity contribution in [3.8, 4) is 0 Å². The first kappa shape index (κ1) is 10.9. The van der Waals surface area contributed by atoms with Crippen LogP contribution in [0.3, 0.4) is 0 Å². The number of likely N-dealkylation sites (tertiary alicyclic amines) is 1. The maximum atomic E-state index is 5.95. The molecule has 0 amide bonds. The van der Waals surface area contributed by atoms with E-state index < -0.39 is 0 Å². The minimum atomic E-state index is 0.365. The first-order valence-corrected chi connectivity index (χ1v) is 6.36. The smallest absolute Gasteiger partial charge is 0.222 e. The minimum absolute atomic E-state index is 0.365.